The van der Waals surface area contributed by atoms with E-state index in [2.05, 4.69) is 50.0 Å². The second-order valence-electron chi connectivity index (χ2n) is 11.6. The summed E-state index contributed by atoms with van der Waals surface area (Å²) in [5.41, 5.74) is 4.56. The molecular weight excluding hydrogens is 668 g/mol. The third kappa shape index (κ3) is 10.7. The smallest absolute Gasteiger partial charge is 0.338 e. The molecule has 0 spiro atoms. The third-order valence-electron chi connectivity index (χ3n) is 7.30. The van der Waals surface area contributed by atoms with Crippen LogP contribution in [0.1, 0.15) is 55.0 Å². The summed E-state index contributed by atoms with van der Waals surface area (Å²) in [5, 5.41) is 0. The van der Waals surface area contributed by atoms with Gasteiger partial charge in [0.2, 0.25) is 0 Å². The van der Waals surface area contributed by atoms with E-state index in [1.807, 2.05) is 31.2 Å². The number of hydrogen-bond donors (Lipinski definition) is 0. The number of carbonyl (C=O) groups is 4. The lowest BCUT2D eigenvalue weighted by molar-refractivity contribution is -0.130. The average Bonchev–Trinajstić information content (AvgIpc) is 3.15. The molecule has 4 rings (SSSR count). The quantitative estimate of drug-likeness (QED) is 0.0666. The zero-order valence-corrected chi connectivity index (χ0v) is 29.7. The summed E-state index contributed by atoms with van der Waals surface area (Å²) in [4.78, 5) is 49.0. The lowest BCUT2D eigenvalue weighted by Crippen LogP contribution is -2.14. The molecule has 0 aromatic heterocycles. The van der Waals surface area contributed by atoms with E-state index < -0.39 is 23.9 Å². The first kappa shape index (κ1) is 38.6. The van der Waals surface area contributed by atoms with Crippen LogP contribution in [0.2, 0.25) is 0 Å². The van der Waals surface area contributed by atoms with E-state index in [1.165, 1.54) is 13.8 Å². The molecule has 0 fully saturated rings. The van der Waals surface area contributed by atoms with Crippen LogP contribution in [-0.2, 0) is 25.6 Å². The van der Waals surface area contributed by atoms with E-state index in [9.17, 15) is 19.2 Å². The normalized spacial score (nSPS) is 9.87. The Balaban J connectivity index is 1.82. The molecule has 0 N–H and O–H groups in total. The van der Waals surface area contributed by atoms with Gasteiger partial charge in [0.15, 0.2) is 11.5 Å². The summed E-state index contributed by atoms with van der Waals surface area (Å²) in [7, 11) is 0. The Kier molecular flexibility index (Phi) is 13.3. The van der Waals surface area contributed by atoms with Gasteiger partial charge in [-0.05, 0) is 98.1 Å². The zero-order valence-electron chi connectivity index (χ0n) is 29.7. The van der Waals surface area contributed by atoms with Crippen molar-refractivity contribution < 1.29 is 38.1 Å². The molecule has 0 aliphatic rings. The molecule has 53 heavy (non-hydrogen) atoms. The van der Waals surface area contributed by atoms with Crippen LogP contribution in [0.3, 0.4) is 0 Å². The summed E-state index contributed by atoms with van der Waals surface area (Å²) in [6.45, 7) is 19.3. The van der Waals surface area contributed by atoms with Crippen molar-refractivity contribution >= 4 is 23.9 Å². The van der Waals surface area contributed by atoms with Gasteiger partial charge in [-0.2, -0.15) is 0 Å². The Morgan fingerprint density at radius 3 is 1.49 bits per heavy atom. The maximum atomic E-state index is 13.1. The highest BCUT2D eigenvalue weighted by Crippen LogP contribution is 2.41. The molecule has 8 nitrogen and oxygen atoms in total. The van der Waals surface area contributed by atoms with Crippen molar-refractivity contribution in [2.45, 2.75) is 33.6 Å². The number of ether oxygens (including phenoxy) is 4. The highest BCUT2D eigenvalue weighted by molar-refractivity contribution is 5.92. The molecule has 264 valence electrons. The standard InChI is InChI=1S/C45H36O8/c1-8-11-37-39(34-21-14-31(15-22-34)12-13-32-16-23-35(24-17-32)50-41(46)9-2)28-40(52-44(48)29(4)5)38(43(37)53-45(49)30(6)7)27-20-33-18-25-36(26-19-33)51-42(47)10-3/h9-10,14-19,21-26,28H,2-4,6,8,11H2,1,5,7H3. The second kappa shape index (κ2) is 18.2. The van der Waals surface area contributed by atoms with Gasteiger partial charge in [-0.3, -0.25) is 0 Å². The maximum Gasteiger partial charge on any atom is 0.338 e. The van der Waals surface area contributed by atoms with Gasteiger partial charge in [-0.15, -0.1) is 0 Å². The fourth-order valence-electron chi connectivity index (χ4n) is 4.65. The van der Waals surface area contributed by atoms with Gasteiger partial charge in [0.05, 0.1) is 0 Å². The monoisotopic (exact) mass is 704 g/mol. The second-order valence-corrected chi connectivity index (χ2v) is 11.6. The van der Waals surface area contributed by atoms with Crippen molar-refractivity contribution in [1.82, 2.24) is 0 Å². The van der Waals surface area contributed by atoms with Crippen molar-refractivity contribution in [3.8, 4) is 57.8 Å². The molecule has 0 aliphatic heterocycles. The van der Waals surface area contributed by atoms with Crippen molar-refractivity contribution in [1.29, 1.82) is 0 Å². The summed E-state index contributed by atoms with van der Waals surface area (Å²) >= 11 is 0. The summed E-state index contributed by atoms with van der Waals surface area (Å²) < 4.78 is 22.0. The molecule has 8 heteroatoms. The fourth-order valence-corrected chi connectivity index (χ4v) is 4.65. The van der Waals surface area contributed by atoms with Crippen LogP contribution in [0, 0.1) is 23.7 Å². The predicted octanol–water partition coefficient (Wildman–Crippen LogP) is 8.25. The van der Waals surface area contributed by atoms with Gasteiger partial charge < -0.3 is 18.9 Å². The predicted molar refractivity (Wildman–Crippen MR) is 203 cm³/mol. The molecule has 0 saturated carbocycles. The van der Waals surface area contributed by atoms with E-state index in [-0.39, 0.29) is 28.2 Å². The van der Waals surface area contributed by atoms with Crippen molar-refractivity contribution in [2.75, 3.05) is 0 Å². The molecule has 0 bridgehead atoms. The lowest BCUT2D eigenvalue weighted by Gasteiger charge is -2.20. The van der Waals surface area contributed by atoms with Crippen LogP contribution in [0.5, 0.6) is 23.0 Å². The van der Waals surface area contributed by atoms with Crippen LogP contribution >= 0.6 is 0 Å². The van der Waals surface area contributed by atoms with Gasteiger partial charge in [-0.25, -0.2) is 19.2 Å². The fraction of sp³-hybridized carbons (Fsp3) is 0.111. The summed E-state index contributed by atoms with van der Waals surface area (Å²) in [6, 6.07) is 22.4. The number of rotatable bonds is 11. The minimum absolute atomic E-state index is 0.0625. The van der Waals surface area contributed by atoms with Gasteiger partial charge in [0.1, 0.15) is 17.1 Å². The zero-order chi connectivity index (χ0) is 38.5. The Morgan fingerprint density at radius 1 is 0.623 bits per heavy atom. The minimum Gasteiger partial charge on any atom is -0.423 e. The Labute approximate surface area is 309 Å². The largest absolute Gasteiger partial charge is 0.423 e. The van der Waals surface area contributed by atoms with Crippen LogP contribution in [0.15, 0.2) is 128 Å². The van der Waals surface area contributed by atoms with E-state index in [1.54, 1.807) is 54.6 Å². The Morgan fingerprint density at radius 2 is 1.06 bits per heavy atom. The first-order chi connectivity index (χ1) is 25.4. The molecule has 0 amide bonds. The topological polar surface area (TPSA) is 105 Å². The molecular formula is C45H36O8. The Bertz CT molecular complexity index is 2230. The SMILES string of the molecule is C=CC(=O)Oc1ccc(C#Cc2ccc(-c3cc(OC(=O)C(=C)C)c(C#Cc4ccc(OC(=O)C=C)cc4)c(OC(=O)C(=C)C)c3CCC)cc2)cc1. The van der Waals surface area contributed by atoms with Crippen molar-refractivity contribution in [2.24, 2.45) is 0 Å². The number of benzene rings is 4. The van der Waals surface area contributed by atoms with E-state index in [4.69, 9.17) is 18.9 Å². The van der Waals surface area contributed by atoms with Crippen LogP contribution in [0.25, 0.3) is 11.1 Å². The number of hydrogen-bond acceptors (Lipinski definition) is 8. The van der Waals surface area contributed by atoms with Gasteiger partial charge >= 0.3 is 23.9 Å². The molecule has 0 atom stereocenters. The van der Waals surface area contributed by atoms with Gasteiger partial charge in [-0.1, -0.05) is 75.5 Å². The molecule has 0 heterocycles. The van der Waals surface area contributed by atoms with E-state index >= 15 is 0 Å². The molecule has 0 unspecified atom stereocenters. The Hall–Kier alpha value is -7.16. The minimum atomic E-state index is -0.690. The number of esters is 4. The van der Waals surface area contributed by atoms with E-state index in [0.29, 0.717) is 41.0 Å². The van der Waals surface area contributed by atoms with Gasteiger partial charge in [0, 0.05) is 45.6 Å². The molecule has 0 aliphatic carbocycles. The first-order valence-corrected chi connectivity index (χ1v) is 16.4. The summed E-state index contributed by atoms with van der Waals surface area (Å²) in [6.07, 6.45) is 3.32. The van der Waals surface area contributed by atoms with Crippen LogP contribution in [0.4, 0.5) is 0 Å². The third-order valence-corrected chi connectivity index (χ3v) is 7.30. The highest BCUT2D eigenvalue weighted by Gasteiger charge is 2.24. The molecule has 4 aromatic rings. The van der Waals surface area contributed by atoms with Crippen molar-refractivity contribution in [3.05, 3.63) is 156 Å². The lowest BCUT2D eigenvalue weighted by atomic mass is 9.92. The summed E-state index contributed by atoms with van der Waals surface area (Å²) in [5.74, 6) is 10.7. The van der Waals surface area contributed by atoms with Crippen LogP contribution in [-0.4, -0.2) is 23.9 Å². The molecule has 4 aromatic carbocycles. The highest BCUT2D eigenvalue weighted by atomic mass is 16.6. The molecule has 0 radical (unpaired) electrons. The average molecular weight is 705 g/mol. The molecule has 0 saturated heterocycles. The van der Waals surface area contributed by atoms with Crippen molar-refractivity contribution in [3.63, 3.8) is 0 Å². The van der Waals surface area contributed by atoms with Crippen LogP contribution < -0.4 is 18.9 Å². The number of carbonyl (C=O) groups excluding carboxylic acids is 4. The first-order valence-electron chi connectivity index (χ1n) is 16.4. The van der Waals surface area contributed by atoms with E-state index in [0.717, 1.165) is 28.8 Å². The van der Waals surface area contributed by atoms with Gasteiger partial charge in [0.25, 0.3) is 0 Å². The maximum absolute atomic E-state index is 13.1.